The molecule has 1 rings (SSSR count). The van der Waals surface area contributed by atoms with Crippen LogP contribution in [-0.4, -0.2) is 35.6 Å². The number of hydrogen-bond donors (Lipinski definition) is 4. The largest absolute Gasteiger partial charge is 0.478 e. The highest BCUT2D eigenvalue weighted by molar-refractivity contribution is 9.10. The summed E-state index contributed by atoms with van der Waals surface area (Å²) in [5.74, 6) is -1.48. The van der Waals surface area contributed by atoms with Crippen molar-refractivity contribution >= 4 is 39.5 Å². The van der Waals surface area contributed by atoms with Crippen molar-refractivity contribution in [1.29, 1.82) is 0 Å². The Labute approximate surface area is 130 Å². The van der Waals surface area contributed by atoms with Crippen LogP contribution < -0.4 is 16.0 Å². The molecule has 4 N–H and O–H groups in total. The summed E-state index contributed by atoms with van der Waals surface area (Å²) in [6.45, 7) is 3.41. The van der Waals surface area contributed by atoms with Crippen molar-refractivity contribution in [3.05, 3.63) is 28.2 Å². The molecule has 7 nitrogen and oxygen atoms in total. The standard InChI is InChI=1S/C13H16BrN3O4/c1-7(2)16-11(18)6-15-13(21)17-10-5-8(14)3-4-9(10)12(19)20/h3-5,7H,6H2,1-2H3,(H,16,18)(H,19,20)(H2,15,17,21). The average molecular weight is 358 g/mol. The number of benzene rings is 1. The van der Waals surface area contributed by atoms with Crippen LogP contribution in [0.2, 0.25) is 0 Å². The highest BCUT2D eigenvalue weighted by Gasteiger charge is 2.13. The first-order valence-corrected chi connectivity index (χ1v) is 6.96. The van der Waals surface area contributed by atoms with E-state index in [0.717, 1.165) is 0 Å². The zero-order valence-corrected chi connectivity index (χ0v) is 13.2. The maximum Gasteiger partial charge on any atom is 0.337 e. The van der Waals surface area contributed by atoms with Crippen molar-refractivity contribution in [2.24, 2.45) is 0 Å². The third-order valence-corrected chi connectivity index (χ3v) is 2.81. The maximum atomic E-state index is 11.7. The minimum Gasteiger partial charge on any atom is -0.478 e. The molecule has 0 fully saturated rings. The lowest BCUT2D eigenvalue weighted by Gasteiger charge is -2.11. The second-order valence-corrected chi connectivity index (χ2v) is 5.44. The van der Waals surface area contributed by atoms with Gasteiger partial charge in [-0.25, -0.2) is 9.59 Å². The first-order valence-electron chi connectivity index (χ1n) is 6.16. The number of anilines is 1. The fourth-order valence-electron chi connectivity index (χ4n) is 1.51. The zero-order valence-electron chi connectivity index (χ0n) is 11.6. The topological polar surface area (TPSA) is 108 Å². The highest BCUT2D eigenvalue weighted by Crippen LogP contribution is 2.21. The maximum absolute atomic E-state index is 11.7. The van der Waals surface area contributed by atoms with Gasteiger partial charge in [-0.1, -0.05) is 15.9 Å². The van der Waals surface area contributed by atoms with Crippen LogP contribution in [0.15, 0.2) is 22.7 Å². The first-order chi connectivity index (χ1) is 9.79. The third kappa shape index (κ3) is 5.82. The Morgan fingerprint density at radius 2 is 1.95 bits per heavy atom. The summed E-state index contributed by atoms with van der Waals surface area (Å²) in [7, 11) is 0. The normalized spacial score (nSPS) is 10.1. The molecule has 0 spiro atoms. The predicted octanol–water partition coefficient (Wildman–Crippen LogP) is 1.79. The molecule has 0 saturated carbocycles. The van der Waals surface area contributed by atoms with Gasteiger partial charge in [0.1, 0.15) is 0 Å². The van der Waals surface area contributed by atoms with Gasteiger partial charge in [-0.3, -0.25) is 4.79 Å². The summed E-state index contributed by atoms with van der Waals surface area (Å²) in [5, 5.41) is 16.4. The third-order valence-electron chi connectivity index (χ3n) is 2.32. The van der Waals surface area contributed by atoms with Gasteiger partial charge in [-0.2, -0.15) is 0 Å². The summed E-state index contributed by atoms with van der Waals surface area (Å²) in [5.41, 5.74) is 0.0959. The van der Waals surface area contributed by atoms with Crippen molar-refractivity contribution < 1.29 is 19.5 Å². The Balaban J connectivity index is 2.65. The predicted molar refractivity (Wildman–Crippen MR) is 81.4 cm³/mol. The molecular weight excluding hydrogens is 342 g/mol. The number of urea groups is 1. The number of aromatic carboxylic acids is 1. The van der Waals surface area contributed by atoms with Crippen LogP contribution in [0.5, 0.6) is 0 Å². The van der Waals surface area contributed by atoms with Crippen LogP contribution >= 0.6 is 15.9 Å². The fraction of sp³-hybridized carbons (Fsp3) is 0.308. The molecule has 0 aliphatic heterocycles. The zero-order chi connectivity index (χ0) is 16.0. The smallest absolute Gasteiger partial charge is 0.337 e. The van der Waals surface area contributed by atoms with E-state index in [1.165, 1.54) is 12.1 Å². The van der Waals surface area contributed by atoms with Crippen molar-refractivity contribution in [3.8, 4) is 0 Å². The summed E-state index contributed by atoms with van der Waals surface area (Å²) in [4.78, 5) is 34.1. The molecule has 0 aromatic heterocycles. The molecule has 0 saturated heterocycles. The highest BCUT2D eigenvalue weighted by atomic mass is 79.9. The van der Waals surface area contributed by atoms with Crippen LogP contribution in [-0.2, 0) is 4.79 Å². The number of halogens is 1. The van der Waals surface area contributed by atoms with Gasteiger partial charge in [-0.15, -0.1) is 0 Å². The molecule has 8 heteroatoms. The van der Waals surface area contributed by atoms with E-state index in [1.807, 2.05) is 0 Å². The Hall–Kier alpha value is -2.09. The molecular formula is C13H16BrN3O4. The molecule has 0 heterocycles. The second kappa shape index (κ2) is 7.63. The van der Waals surface area contributed by atoms with E-state index in [9.17, 15) is 14.4 Å². The van der Waals surface area contributed by atoms with Gasteiger partial charge in [-0.05, 0) is 32.0 Å². The lowest BCUT2D eigenvalue weighted by atomic mass is 10.2. The van der Waals surface area contributed by atoms with E-state index in [1.54, 1.807) is 19.9 Å². The summed E-state index contributed by atoms with van der Waals surface area (Å²) < 4.78 is 0.625. The van der Waals surface area contributed by atoms with Gasteiger partial charge in [0.2, 0.25) is 5.91 Å². The summed E-state index contributed by atoms with van der Waals surface area (Å²) >= 11 is 3.20. The fourth-order valence-corrected chi connectivity index (χ4v) is 1.87. The molecule has 0 bridgehead atoms. The molecule has 0 unspecified atom stereocenters. The Morgan fingerprint density at radius 1 is 1.29 bits per heavy atom. The number of carbonyl (C=O) groups is 3. The Bertz CT molecular complexity index is 560. The molecule has 0 aliphatic carbocycles. The Morgan fingerprint density at radius 3 is 2.52 bits per heavy atom. The van der Waals surface area contributed by atoms with Crippen LogP contribution in [0.4, 0.5) is 10.5 Å². The lowest BCUT2D eigenvalue weighted by molar-refractivity contribution is -0.120. The van der Waals surface area contributed by atoms with Gasteiger partial charge in [0, 0.05) is 10.5 Å². The number of carbonyl (C=O) groups excluding carboxylic acids is 2. The van der Waals surface area contributed by atoms with E-state index in [-0.39, 0.29) is 29.7 Å². The van der Waals surface area contributed by atoms with E-state index >= 15 is 0 Å². The lowest BCUT2D eigenvalue weighted by Crippen LogP contribution is -2.41. The van der Waals surface area contributed by atoms with Gasteiger partial charge < -0.3 is 21.1 Å². The second-order valence-electron chi connectivity index (χ2n) is 4.52. The SMILES string of the molecule is CC(C)NC(=O)CNC(=O)Nc1cc(Br)ccc1C(=O)O. The van der Waals surface area contributed by atoms with Crippen molar-refractivity contribution in [2.45, 2.75) is 19.9 Å². The Kier molecular flexibility index (Phi) is 6.16. The molecule has 1 aromatic rings. The molecule has 114 valence electrons. The average Bonchev–Trinajstić information content (AvgIpc) is 2.35. The van der Waals surface area contributed by atoms with Crippen molar-refractivity contribution in [1.82, 2.24) is 10.6 Å². The molecule has 0 radical (unpaired) electrons. The van der Waals surface area contributed by atoms with Crippen LogP contribution in [0, 0.1) is 0 Å². The summed E-state index contributed by atoms with van der Waals surface area (Å²) in [6, 6.07) is 3.72. The van der Waals surface area contributed by atoms with E-state index < -0.39 is 12.0 Å². The monoisotopic (exact) mass is 357 g/mol. The van der Waals surface area contributed by atoms with E-state index in [2.05, 4.69) is 31.9 Å². The van der Waals surface area contributed by atoms with Crippen molar-refractivity contribution in [2.75, 3.05) is 11.9 Å². The van der Waals surface area contributed by atoms with Crippen LogP contribution in [0.1, 0.15) is 24.2 Å². The van der Waals surface area contributed by atoms with Crippen LogP contribution in [0.25, 0.3) is 0 Å². The van der Waals surface area contributed by atoms with Crippen molar-refractivity contribution in [3.63, 3.8) is 0 Å². The molecule has 3 amide bonds. The summed E-state index contributed by atoms with van der Waals surface area (Å²) in [6.07, 6.45) is 0. The first kappa shape index (κ1) is 17.0. The van der Waals surface area contributed by atoms with Crippen LogP contribution in [0.3, 0.4) is 0 Å². The number of carboxylic acid groups (broad SMARTS) is 1. The van der Waals surface area contributed by atoms with Gasteiger partial charge in [0.05, 0.1) is 17.8 Å². The molecule has 0 atom stereocenters. The number of hydrogen-bond acceptors (Lipinski definition) is 3. The minimum atomic E-state index is -1.16. The van der Waals surface area contributed by atoms with Gasteiger partial charge in [0.15, 0.2) is 0 Å². The molecule has 1 aromatic carbocycles. The van der Waals surface area contributed by atoms with E-state index in [0.29, 0.717) is 4.47 Å². The quantitative estimate of drug-likeness (QED) is 0.644. The molecule has 0 aliphatic rings. The van der Waals surface area contributed by atoms with Gasteiger partial charge >= 0.3 is 12.0 Å². The number of amides is 3. The minimum absolute atomic E-state index is 0.0222. The van der Waals surface area contributed by atoms with E-state index in [4.69, 9.17) is 5.11 Å². The number of rotatable bonds is 5. The molecule has 21 heavy (non-hydrogen) atoms. The van der Waals surface area contributed by atoms with Gasteiger partial charge in [0.25, 0.3) is 0 Å². The number of nitrogens with one attached hydrogen (secondary N) is 3. The number of carboxylic acids is 1.